The van der Waals surface area contributed by atoms with E-state index in [1.807, 2.05) is 24.4 Å². The van der Waals surface area contributed by atoms with E-state index in [-0.39, 0.29) is 0 Å². The van der Waals surface area contributed by atoms with Crippen LogP contribution in [0.3, 0.4) is 0 Å². The fourth-order valence-corrected chi connectivity index (χ4v) is 3.95. The van der Waals surface area contributed by atoms with Crippen molar-refractivity contribution >= 4 is 17.3 Å². The molecule has 2 heterocycles. The molecule has 8 heteroatoms. The van der Waals surface area contributed by atoms with Crippen molar-refractivity contribution < 1.29 is 9.47 Å². The summed E-state index contributed by atoms with van der Waals surface area (Å²) >= 11 is 1.74. The van der Waals surface area contributed by atoms with E-state index in [1.165, 1.54) is 4.88 Å². The van der Waals surface area contributed by atoms with Crippen LogP contribution in [-0.2, 0) is 24.2 Å². The highest BCUT2D eigenvalue weighted by Crippen LogP contribution is 2.19. The van der Waals surface area contributed by atoms with Crippen molar-refractivity contribution in [2.24, 2.45) is 4.99 Å². The largest absolute Gasteiger partial charge is 0.492 e. The van der Waals surface area contributed by atoms with Crippen LogP contribution in [0.25, 0.3) is 0 Å². The lowest BCUT2D eigenvalue weighted by molar-refractivity contribution is 0.0322. The summed E-state index contributed by atoms with van der Waals surface area (Å²) in [4.78, 5) is 12.9. The van der Waals surface area contributed by atoms with E-state index >= 15 is 0 Å². The molecule has 164 valence electrons. The highest BCUT2D eigenvalue weighted by Gasteiger charge is 2.11. The molecule has 0 saturated carbocycles. The number of guanidine groups is 1. The standard InChI is InChI=1S/C22H33N5O2S/c1-3-19-16-24-21(30-19)17-26-22(23-4-2)25-15-18-7-5-6-8-20(18)29-14-11-27-9-12-28-13-10-27/h5-8,16H,3-4,9-15,17H2,1-2H3,(H2,23,25,26). The highest BCUT2D eigenvalue weighted by atomic mass is 32.1. The Balaban J connectivity index is 1.53. The Hall–Kier alpha value is -2.16. The van der Waals surface area contributed by atoms with Gasteiger partial charge >= 0.3 is 0 Å². The van der Waals surface area contributed by atoms with Gasteiger partial charge in [0.1, 0.15) is 17.4 Å². The Morgan fingerprint density at radius 3 is 2.83 bits per heavy atom. The minimum atomic E-state index is 0.557. The SMILES string of the molecule is CCNC(=NCc1ccccc1OCCN1CCOCC1)NCc1ncc(CC)s1. The third-order valence-electron chi connectivity index (χ3n) is 4.85. The number of hydrogen-bond acceptors (Lipinski definition) is 6. The van der Waals surface area contributed by atoms with Gasteiger partial charge in [-0.1, -0.05) is 25.1 Å². The number of benzene rings is 1. The molecule has 0 bridgehead atoms. The van der Waals surface area contributed by atoms with Gasteiger partial charge in [0.05, 0.1) is 26.3 Å². The van der Waals surface area contributed by atoms with E-state index in [2.05, 4.69) is 40.4 Å². The molecule has 1 aromatic carbocycles. The van der Waals surface area contributed by atoms with Gasteiger partial charge in [-0.25, -0.2) is 9.98 Å². The summed E-state index contributed by atoms with van der Waals surface area (Å²) in [5.74, 6) is 1.69. The number of thiazole rings is 1. The first-order valence-electron chi connectivity index (χ1n) is 10.7. The molecule has 0 amide bonds. The van der Waals surface area contributed by atoms with Crippen LogP contribution in [0, 0.1) is 0 Å². The quantitative estimate of drug-likeness (QED) is 0.445. The molecule has 1 saturated heterocycles. The number of nitrogens with zero attached hydrogens (tertiary/aromatic N) is 3. The Kier molecular flexibility index (Phi) is 9.40. The van der Waals surface area contributed by atoms with E-state index in [0.29, 0.717) is 19.7 Å². The summed E-state index contributed by atoms with van der Waals surface area (Å²) in [6.07, 6.45) is 2.98. The van der Waals surface area contributed by atoms with Crippen molar-refractivity contribution in [1.82, 2.24) is 20.5 Å². The van der Waals surface area contributed by atoms with Gasteiger partial charge in [0.2, 0.25) is 0 Å². The van der Waals surface area contributed by atoms with E-state index in [4.69, 9.17) is 14.5 Å². The number of hydrogen-bond donors (Lipinski definition) is 2. The molecule has 3 rings (SSSR count). The van der Waals surface area contributed by atoms with Gasteiger partial charge in [0, 0.05) is 42.8 Å². The van der Waals surface area contributed by atoms with Crippen LogP contribution in [-0.4, -0.2) is 61.8 Å². The first-order valence-corrected chi connectivity index (χ1v) is 11.6. The van der Waals surface area contributed by atoms with E-state index in [9.17, 15) is 0 Å². The zero-order chi connectivity index (χ0) is 21.0. The zero-order valence-corrected chi connectivity index (χ0v) is 18.8. The Morgan fingerprint density at radius 1 is 1.23 bits per heavy atom. The molecule has 1 aliphatic rings. The van der Waals surface area contributed by atoms with E-state index < -0.39 is 0 Å². The van der Waals surface area contributed by atoms with Crippen molar-refractivity contribution in [1.29, 1.82) is 0 Å². The van der Waals surface area contributed by atoms with Crippen molar-refractivity contribution in [2.45, 2.75) is 33.4 Å². The first-order chi connectivity index (χ1) is 14.8. The average molecular weight is 432 g/mol. The predicted octanol–water partition coefficient (Wildman–Crippen LogP) is 2.67. The van der Waals surface area contributed by atoms with Crippen LogP contribution in [0.2, 0.25) is 0 Å². The molecule has 2 N–H and O–H groups in total. The second-order valence-electron chi connectivity index (χ2n) is 7.03. The van der Waals surface area contributed by atoms with Gasteiger partial charge < -0.3 is 20.1 Å². The molecule has 0 radical (unpaired) electrons. The number of nitrogens with one attached hydrogen (secondary N) is 2. The molecular weight excluding hydrogens is 398 g/mol. The fraction of sp³-hybridized carbons (Fsp3) is 0.545. The van der Waals surface area contributed by atoms with Crippen LogP contribution < -0.4 is 15.4 Å². The molecule has 30 heavy (non-hydrogen) atoms. The number of ether oxygens (including phenoxy) is 2. The normalized spacial score (nSPS) is 15.2. The van der Waals surface area contributed by atoms with Gasteiger partial charge in [-0.2, -0.15) is 0 Å². The Morgan fingerprint density at radius 2 is 2.07 bits per heavy atom. The highest BCUT2D eigenvalue weighted by molar-refractivity contribution is 7.11. The minimum Gasteiger partial charge on any atom is -0.492 e. The summed E-state index contributed by atoms with van der Waals surface area (Å²) in [5, 5.41) is 7.76. The summed E-state index contributed by atoms with van der Waals surface area (Å²) in [5.41, 5.74) is 1.08. The van der Waals surface area contributed by atoms with Gasteiger partial charge in [0.15, 0.2) is 5.96 Å². The van der Waals surface area contributed by atoms with Crippen molar-refractivity contribution in [2.75, 3.05) is 46.0 Å². The number of para-hydroxylation sites is 1. The van der Waals surface area contributed by atoms with Crippen LogP contribution in [0.4, 0.5) is 0 Å². The molecule has 1 aliphatic heterocycles. The van der Waals surface area contributed by atoms with Crippen molar-refractivity contribution in [3.8, 4) is 5.75 Å². The molecule has 0 aliphatic carbocycles. The lowest BCUT2D eigenvalue weighted by Crippen LogP contribution is -2.38. The number of aliphatic imine (C=N–C) groups is 1. The Labute approximate surface area is 183 Å². The molecule has 0 spiro atoms. The second kappa shape index (κ2) is 12.5. The van der Waals surface area contributed by atoms with Gasteiger partial charge in [-0.15, -0.1) is 11.3 Å². The average Bonchev–Trinajstić information content (AvgIpc) is 3.25. The molecule has 2 aromatic rings. The second-order valence-corrected chi connectivity index (χ2v) is 8.23. The molecule has 1 fully saturated rings. The van der Waals surface area contributed by atoms with E-state index in [1.54, 1.807) is 11.3 Å². The smallest absolute Gasteiger partial charge is 0.191 e. The predicted molar refractivity (Wildman–Crippen MR) is 122 cm³/mol. The maximum atomic E-state index is 6.08. The topological polar surface area (TPSA) is 71.0 Å². The lowest BCUT2D eigenvalue weighted by atomic mass is 10.2. The lowest BCUT2D eigenvalue weighted by Gasteiger charge is -2.26. The van der Waals surface area contributed by atoms with E-state index in [0.717, 1.165) is 68.1 Å². The summed E-state index contributed by atoms with van der Waals surface area (Å²) in [6, 6.07) is 8.13. The summed E-state index contributed by atoms with van der Waals surface area (Å²) in [7, 11) is 0. The van der Waals surface area contributed by atoms with Crippen LogP contribution in [0.5, 0.6) is 5.75 Å². The van der Waals surface area contributed by atoms with Gasteiger partial charge in [0.25, 0.3) is 0 Å². The maximum absolute atomic E-state index is 6.08. The summed E-state index contributed by atoms with van der Waals surface area (Å²) in [6.45, 7) is 11.4. The number of aryl methyl sites for hydroxylation is 1. The summed E-state index contributed by atoms with van der Waals surface area (Å²) < 4.78 is 11.5. The monoisotopic (exact) mass is 431 g/mol. The third-order valence-corrected chi connectivity index (χ3v) is 5.99. The van der Waals surface area contributed by atoms with Gasteiger partial charge in [-0.05, 0) is 19.4 Å². The fourth-order valence-electron chi connectivity index (χ4n) is 3.14. The minimum absolute atomic E-state index is 0.557. The van der Waals surface area contributed by atoms with Gasteiger partial charge in [-0.3, -0.25) is 4.90 Å². The van der Waals surface area contributed by atoms with Crippen molar-refractivity contribution in [3.05, 3.63) is 45.9 Å². The van der Waals surface area contributed by atoms with Crippen LogP contribution >= 0.6 is 11.3 Å². The Bertz CT molecular complexity index is 789. The molecule has 1 aromatic heterocycles. The molecule has 7 nitrogen and oxygen atoms in total. The number of aromatic nitrogens is 1. The van der Waals surface area contributed by atoms with Crippen molar-refractivity contribution in [3.63, 3.8) is 0 Å². The molecular formula is C22H33N5O2S. The first kappa shape index (κ1) is 22.5. The van der Waals surface area contributed by atoms with Crippen LogP contribution in [0.15, 0.2) is 35.5 Å². The molecule has 0 atom stereocenters. The number of morpholine rings is 1. The third kappa shape index (κ3) is 7.27. The van der Waals surface area contributed by atoms with Crippen LogP contribution in [0.1, 0.15) is 29.3 Å². The molecule has 0 unspecified atom stereocenters. The number of rotatable bonds is 10. The maximum Gasteiger partial charge on any atom is 0.191 e. The zero-order valence-electron chi connectivity index (χ0n) is 18.0.